The van der Waals surface area contributed by atoms with E-state index in [1.54, 1.807) is 30.3 Å². The fraction of sp³-hybridized carbons (Fsp3) is 0.375. The zero-order valence-corrected chi connectivity index (χ0v) is 19.7. The first-order valence-electron chi connectivity index (χ1n) is 10.7. The molecule has 0 aliphatic rings. The number of hydrogen-bond donors (Lipinski definition) is 2. The molecule has 34 heavy (non-hydrogen) atoms. The Bertz CT molecular complexity index is 1210. The van der Waals surface area contributed by atoms with Gasteiger partial charge in [-0.1, -0.05) is 0 Å². The van der Waals surface area contributed by atoms with E-state index in [1.165, 1.54) is 39.3 Å². The van der Waals surface area contributed by atoms with Gasteiger partial charge in [0.05, 0.1) is 51.8 Å². The molecule has 1 amide bonds. The molecular weight excluding hydrogens is 442 g/mol. The Hall–Kier alpha value is -3.79. The van der Waals surface area contributed by atoms with Crippen LogP contribution in [-0.4, -0.2) is 55.5 Å². The number of methoxy groups -OCH3 is 4. The number of nitrogens with zero attached hydrogens (tertiary/aromatic N) is 2. The number of nitrogens with one attached hydrogen (secondary N) is 1. The van der Waals surface area contributed by atoms with Crippen molar-refractivity contribution in [3.63, 3.8) is 0 Å². The number of aryl methyl sites for hydroxylation is 1. The van der Waals surface area contributed by atoms with E-state index < -0.39 is 6.10 Å². The molecule has 3 rings (SSSR count). The van der Waals surface area contributed by atoms with E-state index in [0.29, 0.717) is 52.4 Å². The molecule has 0 aliphatic heterocycles. The lowest BCUT2D eigenvalue weighted by Gasteiger charge is -2.16. The van der Waals surface area contributed by atoms with E-state index in [4.69, 9.17) is 18.9 Å². The second-order valence-corrected chi connectivity index (χ2v) is 7.50. The average molecular weight is 472 g/mol. The van der Waals surface area contributed by atoms with Crippen LogP contribution < -0.4 is 29.8 Å². The molecule has 182 valence electrons. The van der Waals surface area contributed by atoms with Gasteiger partial charge in [-0.05, 0) is 30.7 Å². The van der Waals surface area contributed by atoms with Crippen LogP contribution in [0.2, 0.25) is 0 Å². The quantitative estimate of drug-likeness (QED) is 0.436. The molecule has 1 unspecified atom stereocenters. The number of carbonyl (C=O) groups is 1. The summed E-state index contributed by atoms with van der Waals surface area (Å²) in [6.07, 6.45) is 1.09. The molecule has 3 aromatic rings. The van der Waals surface area contributed by atoms with Gasteiger partial charge in [0.15, 0.2) is 11.5 Å². The van der Waals surface area contributed by atoms with Crippen molar-refractivity contribution in [2.24, 2.45) is 0 Å². The van der Waals surface area contributed by atoms with Crippen LogP contribution in [0.15, 0.2) is 41.5 Å². The van der Waals surface area contributed by atoms with Crippen LogP contribution in [0.1, 0.15) is 24.5 Å². The minimum Gasteiger partial charge on any atom is -0.497 e. The van der Waals surface area contributed by atoms with Gasteiger partial charge in [0.25, 0.3) is 5.56 Å². The Morgan fingerprint density at radius 1 is 1.03 bits per heavy atom. The van der Waals surface area contributed by atoms with E-state index in [0.717, 1.165) is 0 Å². The smallest absolute Gasteiger partial charge is 0.261 e. The first-order valence-corrected chi connectivity index (χ1v) is 10.7. The number of rotatable bonds is 11. The van der Waals surface area contributed by atoms with Crippen molar-refractivity contribution in [3.05, 3.63) is 52.6 Å². The molecule has 0 saturated carbocycles. The first-order chi connectivity index (χ1) is 16.4. The summed E-state index contributed by atoms with van der Waals surface area (Å²) in [5.74, 6) is 1.77. The number of aromatic nitrogens is 2. The van der Waals surface area contributed by atoms with Gasteiger partial charge in [-0.2, -0.15) is 0 Å². The largest absolute Gasteiger partial charge is 0.497 e. The van der Waals surface area contributed by atoms with Gasteiger partial charge in [-0.3, -0.25) is 14.2 Å². The molecule has 0 aliphatic carbocycles. The van der Waals surface area contributed by atoms with Crippen LogP contribution in [-0.2, 0) is 11.3 Å². The van der Waals surface area contributed by atoms with E-state index in [1.807, 2.05) is 0 Å². The molecule has 1 aromatic heterocycles. The molecule has 10 heteroatoms. The molecule has 2 aromatic carbocycles. The summed E-state index contributed by atoms with van der Waals surface area (Å²) in [7, 11) is 6.05. The zero-order chi connectivity index (χ0) is 24.7. The number of hydrogen-bond acceptors (Lipinski definition) is 8. The number of benzene rings is 2. The first kappa shape index (κ1) is 24.8. The highest BCUT2D eigenvalue weighted by Gasteiger charge is 2.16. The second kappa shape index (κ2) is 11.4. The summed E-state index contributed by atoms with van der Waals surface area (Å²) in [6.45, 7) is 0.331. The van der Waals surface area contributed by atoms with Gasteiger partial charge in [0.2, 0.25) is 5.91 Å². The molecule has 0 spiro atoms. The third-order valence-corrected chi connectivity index (χ3v) is 5.42. The number of fused-ring (bicyclic) bond motifs is 1. The highest BCUT2D eigenvalue weighted by Crippen LogP contribution is 2.30. The van der Waals surface area contributed by atoms with Gasteiger partial charge in [-0.25, -0.2) is 4.98 Å². The Morgan fingerprint density at radius 2 is 1.74 bits per heavy atom. The van der Waals surface area contributed by atoms with E-state index in [2.05, 4.69) is 10.3 Å². The van der Waals surface area contributed by atoms with Crippen LogP contribution >= 0.6 is 0 Å². The van der Waals surface area contributed by atoms with Gasteiger partial charge in [0.1, 0.15) is 11.5 Å². The highest BCUT2D eigenvalue weighted by atomic mass is 16.5. The summed E-state index contributed by atoms with van der Waals surface area (Å²) in [6, 6.07) is 8.33. The number of carbonyl (C=O) groups excluding carboxylic acids is 1. The van der Waals surface area contributed by atoms with Crippen LogP contribution in [0.4, 0.5) is 0 Å². The zero-order valence-electron chi connectivity index (χ0n) is 19.7. The lowest BCUT2D eigenvalue weighted by Crippen LogP contribution is -2.29. The van der Waals surface area contributed by atoms with Crippen LogP contribution in [0.5, 0.6) is 23.0 Å². The molecule has 10 nitrogen and oxygen atoms in total. The Morgan fingerprint density at radius 3 is 2.41 bits per heavy atom. The molecule has 1 heterocycles. The van der Waals surface area contributed by atoms with Crippen molar-refractivity contribution >= 4 is 16.8 Å². The predicted octanol–water partition coefficient (Wildman–Crippen LogP) is 2.06. The van der Waals surface area contributed by atoms with E-state index >= 15 is 0 Å². The molecule has 0 bridgehead atoms. The average Bonchev–Trinajstić information content (AvgIpc) is 2.87. The Balaban J connectivity index is 1.58. The summed E-state index contributed by atoms with van der Waals surface area (Å²) in [4.78, 5) is 29.4. The van der Waals surface area contributed by atoms with Crippen molar-refractivity contribution < 1.29 is 28.8 Å². The van der Waals surface area contributed by atoms with Gasteiger partial charge >= 0.3 is 0 Å². The lowest BCUT2D eigenvalue weighted by molar-refractivity contribution is -0.121. The third kappa shape index (κ3) is 5.57. The standard InChI is InChI=1S/C24H29N3O7/c1-31-15-7-8-20(32-2)17(10-15)19(28)13-25-23(29)6-5-9-27-14-26-18-12-22(34-4)21(33-3)11-16(18)24(27)30/h7-8,10-12,14,19,28H,5-6,9,13H2,1-4H3,(H,25,29). The van der Waals surface area contributed by atoms with Crippen LogP contribution in [0, 0.1) is 0 Å². The lowest BCUT2D eigenvalue weighted by atomic mass is 10.1. The minimum absolute atomic E-state index is 0.0153. The topological polar surface area (TPSA) is 121 Å². The van der Waals surface area contributed by atoms with E-state index in [-0.39, 0.29) is 24.4 Å². The van der Waals surface area contributed by atoms with Crippen molar-refractivity contribution in [3.8, 4) is 23.0 Å². The van der Waals surface area contributed by atoms with Gasteiger partial charge in [0, 0.05) is 31.1 Å². The fourth-order valence-corrected chi connectivity index (χ4v) is 3.56. The van der Waals surface area contributed by atoms with Crippen molar-refractivity contribution in [2.75, 3.05) is 35.0 Å². The SMILES string of the molecule is COc1ccc(OC)c(C(O)CNC(=O)CCCn2cnc3cc(OC)c(OC)cc3c2=O)c1. The maximum absolute atomic E-state index is 12.8. The number of aliphatic hydroxyl groups excluding tert-OH is 1. The Kier molecular flexibility index (Phi) is 8.31. The molecule has 0 fully saturated rings. The summed E-state index contributed by atoms with van der Waals surface area (Å²) < 4.78 is 22.4. The Labute approximate surface area is 197 Å². The summed E-state index contributed by atoms with van der Waals surface area (Å²) >= 11 is 0. The summed E-state index contributed by atoms with van der Waals surface area (Å²) in [5.41, 5.74) is 0.786. The molecule has 0 saturated heterocycles. The monoisotopic (exact) mass is 471 g/mol. The van der Waals surface area contributed by atoms with Gasteiger partial charge < -0.3 is 29.4 Å². The van der Waals surface area contributed by atoms with Crippen molar-refractivity contribution in [1.29, 1.82) is 0 Å². The third-order valence-electron chi connectivity index (χ3n) is 5.42. The molecular formula is C24H29N3O7. The van der Waals surface area contributed by atoms with Crippen molar-refractivity contribution in [2.45, 2.75) is 25.5 Å². The van der Waals surface area contributed by atoms with E-state index in [9.17, 15) is 14.7 Å². The molecule has 1 atom stereocenters. The number of amides is 1. The maximum Gasteiger partial charge on any atom is 0.261 e. The number of aliphatic hydroxyl groups is 1. The van der Waals surface area contributed by atoms with Crippen molar-refractivity contribution in [1.82, 2.24) is 14.9 Å². The van der Waals surface area contributed by atoms with Gasteiger partial charge in [-0.15, -0.1) is 0 Å². The highest BCUT2D eigenvalue weighted by molar-refractivity contribution is 5.81. The normalized spacial score (nSPS) is 11.7. The predicted molar refractivity (Wildman–Crippen MR) is 126 cm³/mol. The number of ether oxygens (including phenoxy) is 4. The fourth-order valence-electron chi connectivity index (χ4n) is 3.56. The molecule has 2 N–H and O–H groups in total. The molecule has 0 radical (unpaired) electrons. The maximum atomic E-state index is 12.8. The van der Waals surface area contributed by atoms with Crippen LogP contribution in [0.3, 0.4) is 0 Å². The minimum atomic E-state index is -0.965. The van der Waals surface area contributed by atoms with Crippen LogP contribution in [0.25, 0.3) is 10.9 Å². The second-order valence-electron chi connectivity index (χ2n) is 7.50. The summed E-state index contributed by atoms with van der Waals surface area (Å²) in [5, 5.41) is 13.6.